The van der Waals surface area contributed by atoms with E-state index in [4.69, 9.17) is 15.2 Å². The largest absolute Gasteiger partial charge is 0.486 e. The molecule has 2 aliphatic rings. The number of amides is 3. The topological polar surface area (TPSA) is 131 Å². The van der Waals surface area contributed by atoms with Gasteiger partial charge in [0, 0.05) is 32.2 Å². The van der Waals surface area contributed by atoms with E-state index in [2.05, 4.69) is 5.32 Å². The molecule has 3 N–H and O–H groups in total. The van der Waals surface area contributed by atoms with Crippen molar-refractivity contribution < 1.29 is 27.5 Å². The van der Waals surface area contributed by atoms with Crippen LogP contribution < -0.4 is 20.5 Å². The number of benzene rings is 1. The summed E-state index contributed by atoms with van der Waals surface area (Å²) in [5.41, 5.74) is 5.22. The van der Waals surface area contributed by atoms with Gasteiger partial charge in [-0.25, -0.2) is 13.2 Å². The molecule has 2 unspecified atom stereocenters. The van der Waals surface area contributed by atoms with Gasteiger partial charge in [-0.2, -0.15) is 4.31 Å². The number of carbonyl (C=O) groups excluding carboxylic acids is 2. The van der Waals surface area contributed by atoms with Crippen molar-refractivity contribution in [3.8, 4) is 11.5 Å². The maximum absolute atomic E-state index is 13.0. The standard InChI is InChI=1S/C19H28N4O6S/c1-3-13(2)17(21-19(20)25)18(24)22-6-8-23(9-7-22)30(26,27)14-4-5-15-16(12-14)29-11-10-28-15/h4-5,12-13,17H,3,6-11H2,1-2H3,(H3,20,21,25). The predicted octanol–water partition coefficient (Wildman–Crippen LogP) is 0.374. The van der Waals surface area contributed by atoms with Crippen LogP contribution in [0.5, 0.6) is 11.5 Å². The lowest BCUT2D eigenvalue weighted by molar-refractivity contribution is -0.135. The maximum Gasteiger partial charge on any atom is 0.312 e. The van der Waals surface area contributed by atoms with E-state index in [-0.39, 0.29) is 42.9 Å². The third-order valence-electron chi connectivity index (χ3n) is 5.48. The number of piperazine rings is 1. The first-order valence-electron chi connectivity index (χ1n) is 9.98. The second kappa shape index (κ2) is 9.09. The molecule has 30 heavy (non-hydrogen) atoms. The van der Waals surface area contributed by atoms with Gasteiger partial charge in [0.2, 0.25) is 15.9 Å². The fourth-order valence-electron chi connectivity index (χ4n) is 3.52. The highest BCUT2D eigenvalue weighted by Gasteiger charge is 2.35. The molecule has 0 spiro atoms. The van der Waals surface area contributed by atoms with Crippen LogP contribution in [0.15, 0.2) is 23.1 Å². The molecule has 0 saturated carbocycles. The molecular weight excluding hydrogens is 412 g/mol. The van der Waals surface area contributed by atoms with E-state index in [1.165, 1.54) is 16.4 Å². The first-order chi connectivity index (χ1) is 14.2. The van der Waals surface area contributed by atoms with Crippen LogP contribution in [-0.2, 0) is 14.8 Å². The molecule has 2 aliphatic heterocycles. The Labute approximate surface area is 176 Å². The summed E-state index contributed by atoms with van der Waals surface area (Å²) in [6.45, 7) is 5.36. The van der Waals surface area contributed by atoms with Crippen molar-refractivity contribution in [2.24, 2.45) is 11.7 Å². The van der Waals surface area contributed by atoms with Crippen LogP contribution in [0.25, 0.3) is 0 Å². The van der Waals surface area contributed by atoms with Gasteiger partial charge in [0.1, 0.15) is 19.3 Å². The number of hydrogen-bond donors (Lipinski definition) is 2. The average Bonchev–Trinajstić information content (AvgIpc) is 2.76. The smallest absolute Gasteiger partial charge is 0.312 e. The number of sulfonamides is 1. The number of hydrogen-bond acceptors (Lipinski definition) is 6. The maximum atomic E-state index is 13.0. The molecule has 3 rings (SSSR count). The Balaban J connectivity index is 1.68. The first-order valence-corrected chi connectivity index (χ1v) is 11.4. The number of carbonyl (C=O) groups is 2. The van der Waals surface area contributed by atoms with E-state index >= 15 is 0 Å². The van der Waals surface area contributed by atoms with Crippen LogP contribution in [0.4, 0.5) is 4.79 Å². The highest BCUT2D eigenvalue weighted by Crippen LogP contribution is 2.33. The lowest BCUT2D eigenvalue weighted by atomic mass is 9.97. The highest BCUT2D eigenvalue weighted by molar-refractivity contribution is 7.89. The number of urea groups is 1. The minimum absolute atomic E-state index is 0.0931. The molecule has 0 aliphatic carbocycles. The lowest BCUT2D eigenvalue weighted by Gasteiger charge is -2.37. The van der Waals surface area contributed by atoms with Crippen LogP contribution in [0.2, 0.25) is 0 Å². The summed E-state index contributed by atoms with van der Waals surface area (Å²) in [5.74, 6) is 0.586. The number of nitrogens with one attached hydrogen (secondary N) is 1. The Bertz CT molecular complexity index is 898. The Kier molecular flexibility index (Phi) is 6.71. The number of ether oxygens (including phenoxy) is 2. The number of fused-ring (bicyclic) bond motifs is 1. The molecule has 0 aromatic heterocycles. The van der Waals surface area contributed by atoms with E-state index in [9.17, 15) is 18.0 Å². The molecule has 10 nitrogen and oxygen atoms in total. The lowest BCUT2D eigenvalue weighted by Crippen LogP contribution is -2.57. The molecule has 11 heteroatoms. The van der Waals surface area contributed by atoms with Gasteiger partial charge in [-0.15, -0.1) is 0 Å². The van der Waals surface area contributed by atoms with Gasteiger partial charge in [-0.05, 0) is 18.1 Å². The van der Waals surface area contributed by atoms with Crippen LogP contribution in [0, 0.1) is 5.92 Å². The van der Waals surface area contributed by atoms with Crippen LogP contribution in [0.1, 0.15) is 20.3 Å². The molecule has 166 valence electrons. The van der Waals surface area contributed by atoms with Crippen molar-refractivity contribution in [3.05, 3.63) is 18.2 Å². The third kappa shape index (κ3) is 4.62. The van der Waals surface area contributed by atoms with Gasteiger partial charge in [0.15, 0.2) is 11.5 Å². The summed E-state index contributed by atoms with van der Waals surface area (Å²) >= 11 is 0. The second-order valence-electron chi connectivity index (χ2n) is 7.41. The molecular formula is C19H28N4O6S. The summed E-state index contributed by atoms with van der Waals surface area (Å²) < 4.78 is 38.3. The zero-order chi connectivity index (χ0) is 21.9. The molecule has 2 atom stereocenters. The zero-order valence-electron chi connectivity index (χ0n) is 17.2. The molecule has 1 aromatic carbocycles. The van der Waals surface area contributed by atoms with E-state index in [0.29, 0.717) is 31.1 Å². The minimum Gasteiger partial charge on any atom is -0.486 e. The summed E-state index contributed by atoms with van der Waals surface area (Å²) in [6.07, 6.45) is 0.690. The summed E-state index contributed by atoms with van der Waals surface area (Å²) in [5, 5.41) is 2.51. The van der Waals surface area contributed by atoms with Gasteiger partial charge < -0.3 is 25.4 Å². The fraction of sp³-hybridized carbons (Fsp3) is 0.579. The molecule has 0 bridgehead atoms. The van der Waals surface area contributed by atoms with Gasteiger partial charge >= 0.3 is 6.03 Å². The molecule has 2 heterocycles. The Morgan fingerprint density at radius 1 is 1.13 bits per heavy atom. The Hall–Kier alpha value is -2.53. The third-order valence-corrected chi connectivity index (χ3v) is 7.37. The molecule has 1 fully saturated rings. The van der Waals surface area contributed by atoms with Crippen molar-refractivity contribution >= 4 is 22.0 Å². The predicted molar refractivity (Wildman–Crippen MR) is 109 cm³/mol. The number of primary amides is 1. The monoisotopic (exact) mass is 440 g/mol. The quantitative estimate of drug-likeness (QED) is 0.657. The van der Waals surface area contributed by atoms with Crippen molar-refractivity contribution in [2.45, 2.75) is 31.2 Å². The number of nitrogens with zero attached hydrogens (tertiary/aromatic N) is 2. The summed E-state index contributed by atoms with van der Waals surface area (Å²) in [6, 6.07) is 3.07. The van der Waals surface area contributed by atoms with Crippen LogP contribution >= 0.6 is 0 Å². The molecule has 3 amide bonds. The molecule has 1 aromatic rings. The van der Waals surface area contributed by atoms with Crippen LogP contribution in [0.3, 0.4) is 0 Å². The zero-order valence-corrected chi connectivity index (χ0v) is 18.0. The first kappa shape index (κ1) is 22.2. The van der Waals surface area contributed by atoms with Crippen molar-refractivity contribution in [3.63, 3.8) is 0 Å². The van der Waals surface area contributed by atoms with Gasteiger partial charge in [-0.1, -0.05) is 20.3 Å². The SMILES string of the molecule is CCC(C)C(NC(N)=O)C(=O)N1CCN(S(=O)(=O)c2ccc3c(c2)OCCO3)CC1. The summed E-state index contributed by atoms with van der Waals surface area (Å²) in [4.78, 5) is 25.9. The van der Waals surface area contributed by atoms with Crippen molar-refractivity contribution in [2.75, 3.05) is 39.4 Å². The molecule has 0 radical (unpaired) electrons. The van der Waals surface area contributed by atoms with E-state index in [1.807, 2.05) is 13.8 Å². The van der Waals surface area contributed by atoms with E-state index in [1.54, 1.807) is 11.0 Å². The Morgan fingerprint density at radius 3 is 2.37 bits per heavy atom. The van der Waals surface area contributed by atoms with E-state index < -0.39 is 22.1 Å². The van der Waals surface area contributed by atoms with E-state index in [0.717, 1.165) is 0 Å². The highest BCUT2D eigenvalue weighted by atomic mass is 32.2. The van der Waals surface area contributed by atoms with Crippen molar-refractivity contribution in [1.82, 2.24) is 14.5 Å². The van der Waals surface area contributed by atoms with Gasteiger partial charge in [0.25, 0.3) is 0 Å². The van der Waals surface area contributed by atoms with Gasteiger partial charge in [0.05, 0.1) is 4.90 Å². The normalized spacial score (nSPS) is 19.1. The average molecular weight is 441 g/mol. The van der Waals surface area contributed by atoms with Crippen molar-refractivity contribution in [1.29, 1.82) is 0 Å². The second-order valence-corrected chi connectivity index (χ2v) is 9.34. The number of rotatable bonds is 6. The van der Waals surface area contributed by atoms with Crippen LogP contribution in [-0.4, -0.2) is 75.0 Å². The fourth-order valence-corrected chi connectivity index (χ4v) is 4.95. The number of nitrogens with two attached hydrogens (primary N) is 1. The van der Waals surface area contributed by atoms with Gasteiger partial charge in [-0.3, -0.25) is 4.79 Å². The summed E-state index contributed by atoms with van der Waals surface area (Å²) in [7, 11) is -3.73. The minimum atomic E-state index is -3.73. The molecule has 1 saturated heterocycles. The Morgan fingerprint density at radius 2 is 1.77 bits per heavy atom.